The second-order valence-electron chi connectivity index (χ2n) is 3.43. The van der Waals surface area contributed by atoms with Crippen molar-refractivity contribution in [2.45, 2.75) is 6.42 Å². The number of pyridine rings is 1. The van der Waals surface area contributed by atoms with Crippen LogP contribution >= 0.6 is 11.3 Å². The first kappa shape index (κ1) is 8.61. The Balaban J connectivity index is 2.07. The van der Waals surface area contributed by atoms with Crippen LogP contribution < -0.4 is 5.32 Å². The second-order valence-corrected chi connectivity index (χ2v) is 4.38. The maximum Gasteiger partial charge on any atom is 0.230 e. The van der Waals surface area contributed by atoms with Gasteiger partial charge in [-0.1, -0.05) is 6.07 Å². The van der Waals surface area contributed by atoms with E-state index in [0.717, 1.165) is 11.1 Å². The molecule has 3 rings (SSSR count). The number of thiophene rings is 1. The van der Waals surface area contributed by atoms with Crippen LogP contribution in [0.25, 0.3) is 10.4 Å². The number of carbonyl (C=O) groups excluding carboxylic acids is 1. The maximum atomic E-state index is 11.1. The van der Waals surface area contributed by atoms with Gasteiger partial charge in [0.25, 0.3) is 0 Å². The highest BCUT2D eigenvalue weighted by molar-refractivity contribution is 7.13. The zero-order valence-corrected chi connectivity index (χ0v) is 8.67. The normalized spacial score (nSPS) is 13.7. The van der Waals surface area contributed by atoms with E-state index in [1.807, 2.05) is 17.5 Å². The SMILES string of the molecule is O=C1Cc2cc(-c3cccs3)cnc2N1. The number of fused-ring (bicyclic) bond motifs is 1. The van der Waals surface area contributed by atoms with E-state index in [4.69, 9.17) is 0 Å². The Labute approximate surface area is 90.8 Å². The van der Waals surface area contributed by atoms with Crippen LogP contribution in [0.1, 0.15) is 5.56 Å². The number of amides is 1. The van der Waals surface area contributed by atoms with Gasteiger partial charge < -0.3 is 5.32 Å². The summed E-state index contributed by atoms with van der Waals surface area (Å²) in [5.74, 6) is 0.737. The second kappa shape index (κ2) is 3.17. The molecule has 1 amide bonds. The fourth-order valence-electron chi connectivity index (χ4n) is 1.68. The molecule has 4 heteroatoms. The van der Waals surface area contributed by atoms with Crippen molar-refractivity contribution in [2.24, 2.45) is 0 Å². The quantitative estimate of drug-likeness (QED) is 0.794. The molecule has 74 valence electrons. The molecule has 15 heavy (non-hydrogen) atoms. The molecular weight excluding hydrogens is 208 g/mol. The van der Waals surface area contributed by atoms with Crippen molar-refractivity contribution in [1.82, 2.24) is 4.98 Å². The van der Waals surface area contributed by atoms with E-state index < -0.39 is 0 Å². The molecule has 3 heterocycles. The Bertz CT molecular complexity index is 519. The Kier molecular flexibility index (Phi) is 1.82. The van der Waals surface area contributed by atoms with Gasteiger partial charge in [-0.05, 0) is 17.5 Å². The molecule has 1 N–H and O–H groups in total. The molecule has 1 aliphatic rings. The van der Waals surface area contributed by atoms with Crippen molar-refractivity contribution in [3.8, 4) is 10.4 Å². The van der Waals surface area contributed by atoms with Crippen molar-refractivity contribution in [3.05, 3.63) is 35.3 Å². The average molecular weight is 216 g/mol. The van der Waals surface area contributed by atoms with Gasteiger partial charge in [0.1, 0.15) is 5.82 Å². The van der Waals surface area contributed by atoms with Crippen LogP contribution in [0, 0.1) is 0 Å². The summed E-state index contributed by atoms with van der Waals surface area (Å²) in [6, 6.07) is 6.10. The van der Waals surface area contributed by atoms with Crippen LogP contribution in [0.15, 0.2) is 29.8 Å². The van der Waals surface area contributed by atoms with Crippen molar-refractivity contribution >= 4 is 23.1 Å². The van der Waals surface area contributed by atoms with Crippen LogP contribution in [0.5, 0.6) is 0 Å². The number of nitrogens with one attached hydrogen (secondary N) is 1. The summed E-state index contributed by atoms with van der Waals surface area (Å²) in [6.07, 6.45) is 2.25. The highest BCUT2D eigenvalue weighted by Gasteiger charge is 2.19. The number of aromatic nitrogens is 1. The number of carbonyl (C=O) groups is 1. The van der Waals surface area contributed by atoms with Gasteiger partial charge in [-0.15, -0.1) is 11.3 Å². The van der Waals surface area contributed by atoms with Gasteiger partial charge in [-0.2, -0.15) is 0 Å². The highest BCUT2D eigenvalue weighted by atomic mass is 32.1. The maximum absolute atomic E-state index is 11.1. The van der Waals surface area contributed by atoms with Gasteiger partial charge in [-0.25, -0.2) is 4.98 Å². The van der Waals surface area contributed by atoms with E-state index >= 15 is 0 Å². The van der Waals surface area contributed by atoms with E-state index in [1.165, 1.54) is 4.88 Å². The van der Waals surface area contributed by atoms with Gasteiger partial charge in [0.05, 0.1) is 6.42 Å². The molecular formula is C11H8N2OS. The molecule has 0 bridgehead atoms. The predicted molar refractivity (Wildman–Crippen MR) is 59.9 cm³/mol. The molecule has 1 aliphatic heterocycles. The average Bonchev–Trinajstić information content (AvgIpc) is 2.82. The van der Waals surface area contributed by atoms with E-state index in [0.29, 0.717) is 12.2 Å². The molecule has 0 radical (unpaired) electrons. The topological polar surface area (TPSA) is 42.0 Å². The fourth-order valence-corrected chi connectivity index (χ4v) is 2.39. The van der Waals surface area contributed by atoms with E-state index in [-0.39, 0.29) is 5.91 Å². The first-order chi connectivity index (χ1) is 7.33. The summed E-state index contributed by atoms with van der Waals surface area (Å²) in [4.78, 5) is 16.6. The lowest BCUT2D eigenvalue weighted by Gasteiger charge is -2.00. The minimum atomic E-state index is 0.0285. The number of nitrogens with zero attached hydrogens (tertiary/aromatic N) is 1. The number of anilines is 1. The van der Waals surface area contributed by atoms with Crippen LogP contribution in [-0.4, -0.2) is 10.9 Å². The van der Waals surface area contributed by atoms with E-state index in [9.17, 15) is 4.79 Å². The molecule has 0 fully saturated rings. The smallest absolute Gasteiger partial charge is 0.230 e. The Morgan fingerprint density at radius 2 is 2.40 bits per heavy atom. The molecule has 0 spiro atoms. The summed E-state index contributed by atoms with van der Waals surface area (Å²) >= 11 is 1.68. The minimum absolute atomic E-state index is 0.0285. The highest BCUT2D eigenvalue weighted by Crippen LogP contribution is 2.29. The molecule has 0 atom stereocenters. The molecule has 3 nitrogen and oxygen atoms in total. The van der Waals surface area contributed by atoms with Crippen molar-refractivity contribution < 1.29 is 4.79 Å². The lowest BCUT2D eigenvalue weighted by molar-refractivity contribution is -0.115. The van der Waals surface area contributed by atoms with Gasteiger partial charge in [0, 0.05) is 22.2 Å². The van der Waals surface area contributed by atoms with Crippen LogP contribution in [-0.2, 0) is 11.2 Å². The number of hydrogen-bond donors (Lipinski definition) is 1. The standard InChI is InChI=1S/C11H8N2OS/c14-10-5-7-4-8(6-12-11(7)13-10)9-2-1-3-15-9/h1-4,6H,5H2,(H,12,13,14). The summed E-state index contributed by atoms with van der Waals surface area (Å²) < 4.78 is 0. The minimum Gasteiger partial charge on any atom is -0.310 e. The number of hydrogen-bond acceptors (Lipinski definition) is 3. The third kappa shape index (κ3) is 1.43. The molecule has 0 aromatic carbocycles. The largest absolute Gasteiger partial charge is 0.310 e. The molecule has 0 saturated heterocycles. The summed E-state index contributed by atoms with van der Waals surface area (Å²) in [5.41, 5.74) is 2.08. The summed E-state index contributed by atoms with van der Waals surface area (Å²) in [6.45, 7) is 0. The zero-order valence-electron chi connectivity index (χ0n) is 7.86. The van der Waals surface area contributed by atoms with Gasteiger partial charge in [-0.3, -0.25) is 4.79 Å². The lowest BCUT2D eigenvalue weighted by atomic mass is 10.1. The monoisotopic (exact) mass is 216 g/mol. The van der Waals surface area contributed by atoms with Crippen LogP contribution in [0.4, 0.5) is 5.82 Å². The van der Waals surface area contributed by atoms with Gasteiger partial charge >= 0.3 is 0 Å². The third-order valence-corrected chi connectivity index (χ3v) is 3.30. The molecule has 2 aromatic heterocycles. The first-order valence-electron chi connectivity index (χ1n) is 4.65. The van der Waals surface area contributed by atoms with E-state index in [1.54, 1.807) is 17.5 Å². The van der Waals surface area contributed by atoms with Gasteiger partial charge in [0.15, 0.2) is 0 Å². The predicted octanol–water partition coefficient (Wildman–Crippen LogP) is 2.30. The summed E-state index contributed by atoms with van der Waals surface area (Å²) in [7, 11) is 0. The first-order valence-corrected chi connectivity index (χ1v) is 5.53. The molecule has 2 aromatic rings. The van der Waals surface area contributed by atoms with Crippen molar-refractivity contribution in [3.63, 3.8) is 0 Å². The summed E-state index contributed by atoms with van der Waals surface area (Å²) in [5, 5.41) is 4.76. The Hall–Kier alpha value is -1.68. The van der Waals surface area contributed by atoms with Gasteiger partial charge in [0.2, 0.25) is 5.91 Å². The third-order valence-electron chi connectivity index (χ3n) is 2.38. The molecule has 0 aliphatic carbocycles. The molecule has 0 unspecified atom stereocenters. The lowest BCUT2D eigenvalue weighted by Crippen LogP contribution is -2.04. The van der Waals surface area contributed by atoms with E-state index in [2.05, 4.69) is 16.4 Å². The van der Waals surface area contributed by atoms with Crippen LogP contribution in [0.3, 0.4) is 0 Å². The van der Waals surface area contributed by atoms with Crippen molar-refractivity contribution in [2.75, 3.05) is 5.32 Å². The van der Waals surface area contributed by atoms with Crippen LogP contribution in [0.2, 0.25) is 0 Å². The fraction of sp³-hybridized carbons (Fsp3) is 0.0909. The Morgan fingerprint density at radius 1 is 1.47 bits per heavy atom. The zero-order chi connectivity index (χ0) is 10.3. The molecule has 0 saturated carbocycles. The number of rotatable bonds is 1. The van der Waals surface area contributed by atoms with Crippen molar-refractivity contribution in [1.29, 1.82) is 0 Å². The Morgan fingerprint density at radius 3 is 3.20 bits per heavy atom.